The van der Waals surface area contributed by atoms with Gasteiger partial charge in [-0.05, 0) is 13.8 Å². The number of ether oxygens (including phenoxy) is 5. The predicted molar refractivity (Wildman–Crippen MR) is 98.4 cm³/mol. The molecule has 0 aromatic rings. The largest absolute Gasteiger partial charge is 0.394 e. The van der Waals surface area contributed by atoms with Crippen LogP contribution < -0.4 is 0 Å². The summed E-state index contributed by atoms with van der Waals surface area (Å²) in [6.45, 7) is 2.13. The minimum absolute atomic E-state index is 0.708. The van der Waals surface area contributed by atoms with Crippen molar-refractivity contribution in [1.82, 2.24) is 0 Å². The first kappa shape index (κ1) is 26.1. The minimum Gasteiger partial charge on any atom is -0.394 e. The minimum atomic E-state index is -1.79. The molecule has 14 heteroatoms. The zero-order valence-electron chi connectivity index (χ0n) is 17.4. The first-order valence-electron chi connectivity index (χ1n) is 10.3. The molecule has 0 radical (unpaired) electrons. The molecule has 3 fully saturated rings. The molecule has 3 aliphatic heterocycles. The smallest absolute Gasteiger partial charge is 0.187 e. The maximum atomic E-state index is 10.6. The van der Waals surface area contributed by atoms with E-state index >= 15 is 0 Å². The summed E-state index contributed by atoms with van der Waals surface area (Å²) in [7, 11) is 0. The molecule has 0 aromatic heterocycles. The Morgan fingerprint density at radius 2 is 1.06 bits per heavy atom. The molecular formula is C18H32O14. The summed E-state index contributed by atoms with van der Waals surface area (Å²) in [5, 5.41) is 90.5. The van der Waals surface area contributed by atoms with Crippen LogP contribution in [0.4, 0.5) is 0 Å². The maximum Gasteiger partial charge on any atom is 0.187 e. The van der Waals surface area contributed by atoms with Gasteiger partial charge < -0.3 is 69.6 Å². The van der Waals surface area contributed by atoms with Crippen molar-refractivity contribution in [2.24, 2.45) is 0 Å². The Morgan fingerprint density at radius 1 is 0.562 bits per heavy atom. The highest BCUT2D eigenvalue weighted by Gasteiger charge is 2.52. The molecule has 0 aliphatic carbocycles. The van der Waals surface area contributed by atoms with Crippen molar-refractivity contribution < 1.29 is 69.6 Å². The molecular weight excluding hydrogens is 440 g/mol. The fourth-order valence-electron chi connectivity index (χ4n) is 3.92. The number of aliphatic hydroxyl groups excluding tert-OH is 9. The summed E-state index contributed by atoms with van der Waals surface area (Å²) in [4.78, 5) is 0. The molecule has 9 N–H and O–H groups in total. The van der Waals surface area contributed by atoms with E-state index < -0.39 is 98.7 Å². The number of aliphatic hydroxyl groups is 9. The number of rotatable bonds is 5. The van der Waals surface area contributed by atoms with E-state index in [1.165, 1.54) is 13.8 Å². The summed E-state index contributed by atoms with van der Waals surface area (Å²) >= 11 is 0. The molecule has 0 unspecified atom stereocenters. The van der Waals surface area contributed by atoms with Crippen LogP contribution in [0.25, 0.3) is 0 Å². The van der Waals surface area contributed by atoms with Gasteiger partial charge in [-0.3, -0.25) is 0 Å². The Kier molecular flexibility index (Phi) is 8.44. The van der Waals surface area contributed by atoms with Crippen LogP contribution in [-0.2, 0) is 23.7 Å². The van der Waals surface area contributed by atoms with Crippen molar-refractivity contribution in [1.29, 1.82) is 0 Å². The molecule has 0 spiro atoms. The van der Waals surface area contributed by atoms with Gasteiger partial charge in [-0.25, -0.2) is 0 Å². The van der Waals surface area contributed by atoms with E-state index in [-0.39, 0.29) is 0 Å². The number of hydrogen-bond donors (Lipinski definition) is 9. The van der Waals surface area contributed by atoms with Crippen LogP contribution >= 0.6 is 0 Å². The third-order valence-corrected chi connectivity index (χ3v) is 6.02. The number of hydrogen-bond acceptors (Lipinski definition) is 14. The van der Waals surface area contributed by atoms with E-state index in [0.29, 0.717) is 0 Å². The Bertz CT molecular complexity index is 608. The molecule has 0 saturated carbocycles. The average molecular weight is 472 g/mol. The lowest BCUT2D eigenvalue weighted by atomic mass is 9.96. The fraction of sp³-hybridized carbons (Fsp3) is 1.00. The van der Waals surface area contributed by atoms with Gasteiger partial charge >= 0.3 is 0 Å². The highest BCUT2D eigenvalue weighted by atomic mass is 16.8. The quantitative estimate of drug-likeness (QED) is 0.182. The van der Waals surface area contributed by atoms with Crippen LogP contribution in [0.3, 0.4) is 0 Å². The maximum absolute atomic E-state index is 10.6. The molecule has 3 saturated heterocycles. The molecule has 3 aliphatic rings. The third kappa shape index (κ3) is 4.94. The topological polar surface area (TPSA) is 228 Å². The summed E-state index contributed by atoms with van der Waals surface area (Å²) in [5.41, 5.74) is 0. The van der Waals surface area contributed by atoms with Crippen molar-refractivity contribution in [3.05, 3.63) is 0 Å². The van der Waals surface area contributed by atoms with Crippen LogP contribution in [0.5, 0.6) is 0 Å². The van der Waals surface area contributed by atoms with Crippen molar-refractivity contribution in [2.45, 2.75) is 106 Å². The summed E-state index contributed by atoms with van der Waals surface area (Å²) < 4.78 is 27.0. The van der Waals surface area contributed by atoms with Crippen LogP contribution in [0.2, 0.25) is 0 Å². The molecule has 32 heavy (non-hydrogen) atoms. The Labute approximate surface area is 183 Å². The van der Waals surface area contributed by atoms with Gasteiger partial charge in [0.2, 0.25) is 0 Å². The van der Waals surface area contributed by atoms with Gasteiger partial charge in [0.1, 0.15) is 61.0 Å². The van der Waals surface area contributed by atoms with Gasteiger partial charge in [-0.15, -0.1) is 0 Å². The van der Waals surface area contributed by atoms with Gasteiger partial charge in [0, 0.05) is 0 Å². The predicted octanol–water partition coefficient (Wildman–Crippen LogP) is -5.52. The van der Waals surface area contributed by atoms with Gasteiger partial charge in [0.05, 0.1) is 18.8 Å². The lowest BCUT2D eigenvalue weighted by Gasteiger charge is -2.47. The van der Waals surface area contributed by atoms with Crippen molar-refractivity contribution in [3.63, 3.8) is 0 Å². The van der Waals surface area contributed by atoms with Crippen LogP contribution in [-0.4, -0.2) is 145 Å². The normalized spacial score (nSPS) is 55.0. The zero-order valence-corrected chi connectivity index (χ0v) is 17.4. The second kappa shape index (κ2) is 10.4. The Morgan fingerprint density at radius 3 is 1.66 bits per heavy atom. The lowest BCUT2D eigenvalue weighted by Crippen LogP contribution is -2.66. The summed E-state index contributed by atoms with van der Waals surface area (Å²) in [6, 6.07) is 0. The van der Waals surface area contributed by atoms with E-state index in [4.69, 9.17) is 23.7 Å². The van der Waals surface area contributed by atoms with Crippen LogP contribution in [0, 0.1) is 0 Å². The SMILES string of the molecule is C[C@@H]1O[C@@H](O[C@@H]2[C@H](O[C@@H]3O[C@H](CO)[C@@H](O)[C@H](O)[C@H]3O)[C@@H](O)[C@H](C)O[C@H]2O)[C@H](O)[C@H](O)[C@H]1O. The zero-order chi connectivity index (χ0) is 23.9. The molecule has 14 nitrogen and oxygen atoms in total. The van der Waals surface area contributed by atoms with Crippen LogP contribution in [0.1, 0.15) is 13.8 Å². The first-order valence-corrected chi connectivity index (χ1v) is 10.3. The first-order chi connectivity index (χ1) is 15.0. The lowest BCUT2D eigenvalue weighted by molar-refractivity contribution is -0.384. The standard InChI is InChI=1S/C18H32O14/c1-4-7(20)10(23)12(25)17(29-4)32-15-14(8(21)5(2)28-16(15)27)31-18-13(26)11(24)9(22)6(3-19)30-18/h4-27H,3H2,1-2H3/t4-,5-,6+,7-,8-,9+,10+,11-,12+,13+,14+,15+,16+,17-,18-/m0/s1. The van der Waals surface area contributed by atoms with E-state index in [9.17, 15) is 46.0 Å². The molecule has 0 aromatic carbocycles. The van der Waals surface area contributed by atoms with Crippen molar-refractivity contribution in [2.75, 3.05) is 6.61 Å². The Hall–Kier alpha value is -0.560. The van der Waals surface area contributed by atoms with Gasteiger partial charge in [-0.2, -0.15) is 0 Å². The third-order valence-electron chi connectivity index (χ3n) is 6.02. The average Bonchev–Trinajstić information content (AvgIpc) is 2.76. The molecule has 188 valence electrons. The van der Waals surface area contributed by atoms with Gasteiger partial charge in [0.15, 0.2) is 18.9 Å². The molecule has 3 rings (SSSR count). The molecule has 3 heterocycles. The fourth-order valence-corrected chi connectivity index (χ4v) is 3.92. The van der Waals surface area contributed by atoms with E-state index in [2.05, 4.69) is 0 Å². The second-order valence-corrected chi connectivity index (χ2v) is 8.30. The summed E-state index contributed by atoms with van der Waals surface area (Å²) in [6.07, 6.45) is -22.6. The van der Waals surface area contributed by atoms with Gasteiger partial charge in [-0.1, -0.05) is 0 Å². The molecule has 0 amide bonds. The van der Waals surface area contributed by atoms with E-state index in [0.717, 1.165) is 0 Å². The van der Waals surface area contributed by atoms with Crippen LogP contribution in [0.15, 0.2) is 0 Å². The van der Waals surface area contributed by atoms with E-state index in [1.54, 1.807) is 0 Å². The monoisotopic (exact) mass is 472 g/mol. The van der Waals surface area contributed by atoms with Crippen molar-refractivity contribution in [3.8, 4) is 0 Å². The second-order valence-electron chi connectivity index (χ2n) is 8.30. The van der Waals surface area contributed by atoms with E-state index in [1.807, 2.05) is 0 Å². The molecule has 0 bridgehead atoms. The molecule has 15 atom stereocenters. The summed E-state index contributed by atoms with van der Waals surface area (Å²) in [5.74, 6) is 0. The Balaban J connectivity index is 1.79. The highest BCUT2D eigenvalue weighted by molar-refractivity contribution is 4.95. The van der Waals surface area contributed by atoms with Crippen molar-refractivity contribution >= 4 is 0 Å². The highest BCUT2D eigenvalue weighted by Crippen LogP contribution is 2.32. The van der Waals surface area contributed by atoms with Gasteiger partial charge in [0.25, 0.3) is 0 Å².